The minimum absolute atomic E-state index is 0. The summed E-state index contributed by atoms with van der Waals surface area (Å²) in [5.74, 6) is -3.69. The molecule has 0 aliphatic carbocycles. The minimum Gasteiger partial charge on any atom is -0.481 e. The van der Waals surface area contributed by atoms with E-state index in [-0.39, 0.29) is 170 Å². The fourth-order valence-corrected chi connectivity index (χ4v) is 7.85. The quantitative estimate of drug-likeness (QED) is 0.0397. The highest BCUT2D eigenvalue weighted by atomic mass is 32.2. The van der Waals surface area contributed by atoms with Crippen LogP contribution < -0.4 is 27.0 Å². The molecule has 0 spiro atoms. The molecule has 0 aromatic carbocycles. The molecule has 0 aliphatic heterocycles. The van der Waals surface area contributed by atoms with Crippen molar-refractivity contribution in [1.29, 1.82) is 0 Å². The van der Waals surface area contributed by atoms with E-state index in [2.05, 4.69) is 21.3 Å². The number of unbranched alkanes of at least 4 members (excludes halogenated alkanes) is 10. The monoisotopic (exact) mass is 1110 g/mol. The topological polar surface area (TPSA) is 342 Å². The molecule has 4 atom stereocenters. The van der Waals surface area contributed by atoms with Gasteiger partial charge in [0.05, 0.1) is 51.4 Å². The maximum absolute atomic E-state index is 12.5. The Morgan fingerprint density at radius 3 is 1.53 bits per heavy atom. The molecule has 0 fully saturated rings. The fourth-order valence-electron chi connectivity index (χ4n) is 6.73. The van der Waals surface area contributed by atoms with Crippen LogP contribution in [0.2, 0.25) is 0 Å². The van der Waals surface area contributed by atoms with Crippen molar-refractivity contribution in [1.82, 2.24) is 21.3 Å². The van der Waals surface area contributed by atoms with Crippen molar-refractivity contribution < 1.29 is 82.2 Å². The van der Waals surface area contributed by atoms with Gasteiger partial charge in [0.15, 0.2) is 0 Å². The van der Waals surface area contributed by atoms with Crippen molar-refractivity contribution in [3.05, 3.63) is 0 Å². The number of aliphatic hydroxyl groups is 1. The Bertz CT molecular complexity index is 1620. The van der Waals surface area contributed by atoms with Crippen molar-refractivity contribution in [2.45, 2.75) is 176 Å². The zero-order valence-electron chi connectivity index (χ0n) is 45.4. The molecule has 0 radical (unpaired) electrons. The van der Waals surface area contributed by atoms with Gasteiger partial charge in [-0.15, -0.1) is 0 Å². The Balaban J connectivity index is -0.00000714. The summed E-state index contributed by atoms with van der Waals surface area (Å²) >= 11 is 1.31. The predicted octanol–water partition coefficient (Wildman–Crippen LogP) is 4.12. The summed E-state index contributed by atoms with van der Waals surface area (Å²) in [4.78, 5) is 117. The molecule has 23 heteroatoms. The number of nitrogens with one attached hydrogen (secondary N) is 4. The molecule has 0 aliphatic rings. The fraction of sp³-hybridized carbons (Fsp3) is 0.811. The first-order valence-electron chi connectivity index (χ1n) is 26.7. The molecule has 0 aromatic rings. The Labute approximate surface area is 456 Å². The second-order valence-electron chi connectivity index (χ2n) is 18.3. The molecule has 9 N–H and O–H groups in total. The Morgan fingerprint density at radius 2 is 1.03 bits per heavy atom. The summed E-state index contributed by atoms with van der Waals surface area (Å²) in [6, 6.07) is -1.27. The van der Waals surface area contributed by atoms with E-state index in [1.807, 2.05) is 6.92 Å². The number of hydrogen-bond donors (Lipinski definition) is 8. The SMILES string of the molecule is C.CC(=O)[C@H](C)N.CC[C@@H](CSCC(=O)NCCNC(=O)COCCOCCNC(=O)COCCOCCCC(=O)CCCC[C@H](NC(=O)CCCCCCCCCCCCC(=O)O)C(=O)O)C(=O)C[C@@H](CO)C(C)=O. The molecule has 0 rings (SSSR count). The lowest BCUT2D eigenvalue weighted by Crippen LogP contribution is -2.40. The van der Waals surface area contributed by atoms with E-state index >= 15 is 0 Å². The van der Waals surface area contributed by atoms with Gasteiger partial charge in [0, 0.05) is 75.9 Å². The summed E-state index contributed by atoms with van der Waals surface area (Å²) in [6.07, 6.45) is 13.3. The summed E-state index contributed by atoms with van der Waals surface area (Å²) in [6.45, 7) is 7.72. The molecule has 0 heterocycles. The van der Waals surface area contributed by atoms with Gasteiger partial charge >= 0.3 is 11.9 Å². The largest absolute Gasteiger partial charge is 0.481 e. The van der Waals surface area contributed by atoms with E-state index < -0.39 is 23.9 Å². The normalized spacial score (nSPS) is 12.3. The molecule has 0 aromatic heterocycles. The average Bonchev–Trinajstić information content (AvgIpc) is 3.35. The number of ether oxygens (including phenoxy) is 4. The van der Waals surface area contributed by atoms with Gasteiger partial charge in [0.25, 0.3) is 0 Å². The Hall–Kier alpha value is -4.39. The van der Waals surface area contributed by atoms with Crippen LogP contribution in [-0.2, 0) is 66.9 Å². The van der Waals surface area contributed by atoms with E-state index in [0.717, 1.165) is 57.8 Å². The Morgan fingerprint density at radius 1 is 0.553 bits per heavy atom. The van der Waals surface area contributed by atoms with Crippen LogP contribution in [0.1, 0.15) is 164 Å². The van der Waals surface area contributed by atoms with Crippen LogP contribution in [0.5, 0.6) is 0 Å². The smallest absolute Gasteiger partial charge is 0.326 e. The second kappa shape index (κ2) is 52.7. The minimum atomic E-state index is -1.09. The van der Waals surface area contributed by atoms with E-state index in [4.69, 9.17) is 29.8 Å². The molecular weight excluding hydrogens is 1010 g/mol. The molecule has 0 unspecified atom stereocenters. The number of hydrogen-bond acceptors (Lipinski definition) is 17. The molecule has 0 saturated carbocycles. The number of aliphatic carboxylic acids is 2. The van der Waals surface area contributed by atoms with E-state index in [9.17, 15) is 58.2 Å². The maximum Gasteiger partial charge on any atom is 0.326 e. The van der Waals surface area contributed by atoms with Gasteiger partial charge in [-0.1, -0.05) is 72.1 Å². The third-order valence-corrected chi connectivity index (χ3v) is 12.7. The number of Topliss-reactive ketones (excluding diaryl/α,β-unsaturated/α-hetero) is 4. The molecule has 76 heavy (non-hydrogen) atoms. The maximum atomic E-state index is 12.5. The summed E-state index contributed by atoms with van der Waals surface area (Å²) < 4.78 is 21.5. The third kappa shape index (κ3) is 50.4. The van der Waals surface area contributed by atoms with Gasteiger partial charge in [-0.2, -0.15) is 11.8 Å². The van der Waals surface area contributed by atoms with Crippen LogP contribution in [0.3, 0.4) is 0 Å². The number of carboxylic acid groups (broad SMARTS) is 2. The number of ketones is 4. The molecule has 22 nitrogen and oxygen atoms in total. The number of nitrogens with two attached hydrogens (primary N) is 1. The van der Waals surface area contributed by atoms with Gasteiger partial charge in [-0.3, -0.25) is 43.2 Å². The van der Waals surface area contributed by atoms with Crippen molar-refractivity contribution in [3.8, 4) is 0 Å². The zero-order chi connectivity index (χ0) is 56.5. The van der Waals surface area contributed by atoms with Gasteiger partial charge < -0.3 is 61.3 Å². The first kappa shape index (κ1) is 75.8. The van der Waals surface area contributed by atoms with Gasteiger partial charge in [-0.25, -0.2) is 4.79 Å². The van der Waals surface area contributed by atoms with Crippen LogP contribution >= 0.6 is 11.8 Å². The van der Waals surface area contributed by atoms with Gasteiger partial charge in [0.1, 0.15) is 42.4 Å². The van der Waals surface area contributed by atoms with Crippen molar-refractivity contribution in [3.63, 3.8) is 0 Å². The van der Waals surface area contributed by atoms with Crippen LogP contribution in [0.15, 0.2) is 0 Å². The summed E-state index contributed by atoms with van der Waals surface area (Å²) in [7, 11) is 0. The first-order chi connectivity index (χ1) is 35.8. The zero-order valence-corrected chi connectivity index (χ0v) is 46.2. The number of rotatable bonds is 51. The molecule has 4 amide bonds. The first-order valence-corrected chi connectivity index (χ1v) is 27.8. The summed E-state index contributed by atoms with van der Waals surface area (Å²) in [5, 5.41) is 38.1. The average molecular weight is 1110 g/mol. The van der Waals surface area contributed by atoms with Gasteiger partial charge in [-0.05, 0) is 59.3 Å². The number of carbonyl (C=O) groups is 10. The van der Waals surface area contributed by atoms with Gasteiger partial charge in [0.2, 0.25) is 23.6 Å². The van der Waals surface area contributed by atoms with Crippen LogP contribution in [-0.4, -0.2) is 177 Å². The van der Waals surface area contributed by atoms with E-state index in [0.29, 0.717) is 57.3 Å². The van der Waals surface area contributed by atoms with Crippen molar-refractivity contribution in [2.24, 2.45) is 17.6 Å². The number of amides is 4. The lowest BCUT2D eigenvalue weighted by molar-refractivity contribution is -0.142. The highest BCUT2D eigenvalue weighted by Crippen LogP contribution is 2.18. The number of aliphatic hydroxyl groups excluding tert-OH is 1. The highest BCUT2D eigenvalue weighted by molar-refractivity contribution is 7.99. The van der Waals surface area contributed by atoms with E-state index in [1.54, 1.807) is 6.92 Å². The number of thioether (sulfide) groups is 1. The number of carboxylic acids is 2. The molecule has 442 valence electrons. The number of carbonyl (C=O) groups excluding carboxylic acids is 8. The van der Waals surface area contributed by atoms with Crippen LogP contribution in [0.4, 0.5) is 0 Å². The Kier molecular flexibility index (Phi) is 52.5. The molecule has 0 saturated heterocycles. The summed E-state index contributed by atoms with van der Waals surface area (Å²) in [5.41, 5.74) is 5.09. The van der Waals surface area contributed by atoms with Crippen molar-refractivity contribution in [2.75, 3.05) is 90.6 Å². The highest BCUT2D eigenvalue weighted by Gasteiger charge is 2.24. The predicted molar refractivity (Wildman–Crippen MR) is 291 cm³/mol. The van der Waals surface area contributed by atoms with Crippen molar-refractivity contribution >= 4 is 70.5 Å². The van der Waals surface area contributed by atoms with E-state index in [1.165, 1.54) is 25.6 Å². The van der Waals surface area contributed by atoms with Crippen LogP contribution in [0.25, 0.3) is 0 Å². The third-order valence-electron chi connectivity index (χ3n) is 11.6. The molecular formula is C53H97N5O17S. The lowest BCUT2D eigenvalue weighted by atomic mass is 9.92. The standard InChI is InChI=1S/C48H84N4O16S.C4H9NO.CH4/c1-3-38(42(56)31-39(32-53)37(2)54)35-69-36-46(60)50-23-22-49-44(58)33-68-30-28-66-26-24-51-45(59)34-67-29-27-65-25-16-18-40(55)17-14-15-19-41(48(63)64)52-43(57)20-12-10-8-6-4-5-7-9-11-13-21-47(61)62;1-3(5)4(2)6;/h38-39,41,53H,3-36H2,1-2H3,(H,49,58)(H,50,60)(H,51,59)(H,52,57)(H,61,62)(H,63,64);3H,5H2,1-2H3;1H4/t38-,39-,41-;3-;/m00./s1. The lowest BCUT2D eigenvalue weighted by Gasteiger charge is -2.16. The second-order valence-corrected chi connectivity index (χ2v) is 19.4. The molecule has 0 bridgehead atoms. The van der Waals surface area contributed by atoms with Crippen LogP contribution in [0, 0.1) is 11.8 Å².